The summed E-state index contributed by atoms with van der Waals surface area (Å²) in [7, 11) is 0. The number of hydrogen-bond donors (Lipinski definition) is 0. The van der Waals surface area contributed by atoms with Gasteiger partial charge in [0.2, 0.25) is 5.88 Å². The fourth-order valence-corrected chi connectivity index (χ4v) is 3.53. The van der Waals surface area contributed by atoms with Crippen molar-refractivity contribution in [3.8, 4) is 35.2 Å². The molecule has 6 heteroatoms. The zero-order valence-corrected chi connectivity index (χ0v) is 16.4. The number of hydrogen-bond acceptors (Lipinski definition) is 6. The van der Waals surface area contributed by atoms with Gasteiger partial charge in [0.25, 0.3) is 0 Å². The first-order valence-corrected chi connectivity index (χ1v) is 9.66. The zero-order valence-electron chi connectivity index (χ0n) is 16.4. The Hall–Kier alpha value is -3.82. The summed E-state index contributed by atoms with van der Waals surface area (Å²) in [5, 5.41) is 28.6. The highest BCUT2D eigenvalue weighted by Crippen LogP contribution is 2.39. The second kappa shape index (κ2) is 9.40. The third kappa shape index (κ3) is 4.21. The molecule has 2 aromatic rings. The average Bonchev–Trinajstić information content (AvgIpc) is 2.78. The molecule has 0 unspecified atom stereocenters. The van der Waals surface area contributed by atoms with E-state index in [-0.39, 0.29) is 11.5 Å². The molecule has 1 aliphatic heterocycles. The largest absolute Gasteiger partial charge is 0.477 e. The first-order valence-electron chi connectivity index (χ1n) is 9.66. The van der Waals surface area contributed by atoms with Crippen molar-refractivity contribution in [2.45, 2.75) is 26.2 Å². The molecule has 6 nitrogen and oxygen atoms in total. The van der Waals surface area contributed by atoms with Gasteiger partial charge in [0.1, 0.15) is 35.2 Å². The van der Waals surface area contributed by atoms with Gasteiger partial charge in [0.05, 0.1) is 6.61 Å². The molecule has 1 aromatic carbocycles. The Morgan fingerprint density at radius 1 is 1.10 bits per heavy atom. The van der Waals surface area contributed by atoms with E-state index in [9.17, 15) is 15.8 Å². The highest BCUT2D eigenvalue weighted by Gasteiger charge is 2.25. The second-order valence-corrected chi connectivity index (χ2v) is 6.64. The van der Waals surface area contributed by atoms with Crippen molar-refractivity contribution in [3.63, 3.8) is 0 Å². The van der Waals surface area contributed by atoms with Crippen LogP contribution in [-0.2, 0) is 0 Å². The number of aromatic nitrogens is 1. The fourth-order valence-electron chi connectivity index (χ4n) is 3.53. The summed E-state index contributed by atoms with van der Waals surface area (Å²) in [6.07, 6.45) is 4.77. The number of benzene rings is 1. The Kier molecular flexibility index (Phi) is 6.46. The normalized spacial score (nSPS) is 13.0. The molecule has 144 valence electrons. The molecule has 0 bridgehead atoms. The van der Waals surface area contributed by atoms with Gasteiger partial charge in [-0.15, -0.1) is 0 Å². The molecule has 1 fully saturated rings. The van der Waals surface area contributed by atoms with Crippen LogP contribution in [0.4, 0.5) is 5.82 Å². The third-order valence-corrected chi connectivity index (χ3v) is 4.82. The van der Waals surface area contributed by atoms with Gasteiger partial charge in [-0.1, -0.05) is 30.3 Å². The van der Waals surface area contributed by atoms with Crippen LogP contribution in [0.5, 0.6) is 5.88 Å². The van der Waals surface area contributed by atoms with Crippen LogP contribution in [0.1, 0.15) is 37.3 Å². The molecule has 1 saturated heterocycles. The van der Waals surface area contributed by atoms with Crippen LogP contribution < -0.4 is 9.64 Å². The molecule has 0 atom stereocenters. The highest BCUT2D eigenvalue weighted by atomic mass is 16.5. The number of ether oxygens (including phenoxy) is 1. The Bertz CT molecular complexity index is 1020. The standard InChI is InChI=1S/C23H21N5O/c1-2-29-23-20(16-26)21(18-9-5-3-6-10-18)19(13-17(14-24)15-25)22(27-23)28-11-7-4-8-12-28/h3,5-6,9-10,13H,2,4,7-8,11-12H2,1H3. The van der Waals surface area contributed by atoms with Gasteiger partial charge >= 0.3 is 0 Å². The van der Waals surface area contributed by atoms with E-state index < -0.39 is 0 Å². The Morgan fingerprint density at radius 2 is 1.79 bits per heavy atom. The van der Waals surface area contributed by atoms with Gasteiger partial charge < -0.3 is 9.64 Å². The topological polar surface area (TPSA) is 96.7 Å². The SMILES string of the molecule is CCOc1nc(N2CCCCC2)c(C=C(C#N)C#N)c(-c2ccccc2)c1C#N. The lowest BCUT2D eigenvalue weighted by molar-refractivity contribution is 0.326. The number of anilines is 1. The molecular weight excluding hydrogens is 362 g/mol. The summed E-state index contributed by atoms with van der Waals surface area (Å²) >= 11 is 0. The highest BCUT2D eigenvalue weighted by molar-refractivity contribution is 5.88. The van der Waals surface area contributed by atoms with Gasteiger partial charge in [0.15, 0.2) is 0 Å². The van der Waals surface area contributed by atoms with Crippen molar-refractivity contribution in [2.75, 3.05) is 24.6 Å². The third-order valence-electron chi connectivity index (χ3n) is 4.82. The maximum atomic E-state index is 9.93. The van der Waals surface area contributed by atoms with E-state index in [1.54, 1.807) is 0 Å². The van der Waals surface area contributed by atoms with E-state index in [4.69, 9.17) is 4.74 Å². The molecule has 0 radical (unpaired) electrons. The molecule has 0 spiro atoms. The van der Waals surface area contributed by atoms with E-state index in [0.717, 1.165) is 37.9 Å². The lowest BCUT2D eigenvalue weighted by Crippen LogP contribution is -2.31. The number of pyridine rings is 1. The predicted octanol–water partition coefficient (Wildman–Crippen LogP) is 4.44. The summed E-state index contributed by atoms with van der Waals surface area (Å²) in [5.74, 6) is 0.927. The summed E-state index contributed by atoms with van der Waals surface area (Å²) < 4.78 is 5.72. The molecule has 0 saturated carbocycles. The lowest BCUT2D eigenvalue weighted by Gasteiger charge is -2.30. The Balaban J connectivity index is 2.40. The van der Waals surface area contributed by atoms with Crippen LogP contribution in [-0.4, -0.2) is 24.7 Å². The summed E-state index contributed by atoms with van der Waals surface area (Å²) in [6, 6.07) is 15.6. The van der Waals surface area contributed by atoms with Crippen LogP contribution >= 0.6 is 0 Å². The van der Waals surface area contributed by atoms with E-state index in [0.29, 0.717) is 29.1 Å². The Labute approximate surface area is 170 Å². The van der Waals surface area contributed by atoms with Crippen molar-refractivity contribution in [2.24, 2.45) is 0 Å². The monoisotopic (exact) mass is 383 g/mol. The van der Waals surface area contributed by atoms with Crippen LogP contribution in [0.3, 0.4) is 0 Å². The maximum absolute atomic E-state index is 9.93. The van der Waals surface area contributed by atoms with Gasteiger partial charge in [-0.25, -0.2) is 0 Å². The number of nitriles is 3. The molecule has 2 heterocycles. The predicted molar refractivity (Wildman–Crippen MR) is 111 cm³/mol. The van der Waals surface area contributed by atoms with E-state index >= 15 is 0 Å². The number of nitrogens with zero attached hydrogens (tertiary/aromatic N) is 5. The molecule has 0 amide bonds. The second-order valence-electron chi connectivity index (χ2n) is 6.64. The van der Waals surface area contributed by atoms with E-state index in [1.165, 1.54) is 6.08 Å². The van der Waals surface area contributed by atoms with Crippen LogP contribution in [0.2, 0.25) is 0 Å². The summed E-state index contributed by atoms with van der Waals surface area (Å²) in [4.78, 5) is 6.83. The molecule has 1 aliphatic rings. The number of piperidine rings is 1. The average molecular weight is 383 g/mol. The quantitative estimate of drug-likeness (QED) is 0.708. The van der Waals surface area contributed by atoms with Crippen molar-refractivity contribution in [3.05, 3.63) is 47.0 Å². The minimum atomic E-state index is -0.0321. The molecule has 29 heavy (non-hydrogen) atoms. The number of allylic oxidation sites excluding steroid dienone is 1. The number of rotatable bonds is 5. The van der Waals surface area contributed by atoms with Crippen LogP contribution in [0.25, 0.3) is 17.2 Å². The zero-order chi connectivity index (χ0) is 20.6. The first-order chi connectivity index (χ1) is 14.2. The van der Waals surface area contributed by atoms with Crippen molar-refractivity contribution in [1.29, 1.82) is 15.8 Å². The maximum Gasteiger partial charge on any atom is 0.234 e. The van der Waals surface area contributed by atoms with Gasteiger partial charge in [-0.05, 0) is 37.8 Å². The van der Waals surface area contributed by atoms with Crippen molar-refractivity contribution >= 4 is 11.9 Å². The van der Waals surface area contributed by atoms with Gasteiger partial charge in [0, 0.05) is 24.2 Å². The lowest BCUT2D eigenvalue weighted by atomic mass is 9.94. The van der Waals surface area contributed by atoms with Crippen molar-refractivity contribution in [1.82, 2.24) is 4.98 Å². The molecular formula is C23H21N5O. The molecule has 1 aromatic heterocycles. The van der Waals surface area contributed by atoms with Crippen LogP contribution in [0.15, 0.2) is 35.9 Å². The van der Waals surface area contributed by atoms with E-state index in [1.807, 2.05) is 49.4 Å². The molecule has 3 rings (SSSR count). The molecule has 0 aliphatic carbocycles. The minimum absolute atomic E-state index is 0.0321. The first kappa shape index (κ1) is 19.9. The fraction of sp³-hybridized carbons (Fsp3) is 0.304. The summed E-state index contributed by atoms with van der Waals surface area (Å²) in [5.41, 5.74) is 2.33. The van der Waals surface area contributed by atoms with Gasteiger partial charge in [-0.2, -0.15) is 20.8 Å². The van der Waals surface area contributed by atoms with E-state index in [2.05, 4.69) is 16.0 Å². The smallest absolute Gasteiger partial charge is 0.234 e. The molecule has 0 N–H and O–H groups in total. The van der Waals surface area contributed by atoms with Gasteiger partial charge in [-0.3, -0.25) is 0 Å². The minimum Gasteiger partial charge on any atom is -0.477 e. The summed E-state index contributed by atoms with van der Waals surface area (Å²) in [6.45, 7) is 3.89. The van der Waals surface area contributed by atoms with Crippen LogP contribution in [0, 0.1) is 34.0 Å². The Morgan fingerprint density at radius 3 is 2.38 bits per heavy atom. The van der Waals surface area contributed by atoms with Crippen molar-refractivity contribution < 1.29 is 4.74 Å².